The Morgan fingerprint density at radius 3 is 2.81 bits per heavy atom. The summed E-state index contributed by atoms with van der Waals surface area (Å²) in [4.78, 5) is 18.4. The average Bonchev–Trinajstić information content (AvgIpc) is 2.92. The minimum atomic E-state index is 0.00872. The van der Waals surface area contributed by atoms with Crippen molar-refractivity contribution in [1.29, 1.82) is 0 Å². The average molecular weight is 307 g/mol. The number of fused-ring (bicyclic) bond motifs is 1. The van der Waals surface area contributed by atoms with E-state index >= 15 is 0 Å². The Hall–Kier alpha value is -1.53. The summed E-state index contributed by atoms with van der Waals surface area (Å²) in [6.07, 6.45) is 0. The van der Waals surface area contributed by atoms with Gasteiger partial charge in [-0.1, -0.05) is 37.7 Å². The fourth-order valence-electron chi connectivity index (χ4n) is 1.98. The van der Waals surface area contributed by atoms with Crippen LogP contribution >= 0.6 is 11.8 Å². The molecule has 5 nitrogen and oxygen atoms in total. The van der Waals surface area contributed by atoms with Crippen molar-refractivity contribution in [1.82, 2.24) is 15.2 Å². The van der Waals surface area contributed by atoms with Crippen LogP contribution in [0.4, 0.5) is 0 Å². The van der Waals surface area contributed by atoms with Crippen LogP contribution in [0.5, 0.6) is 0 Å². The Bertz CT molecular complexity index is 548. The lowest BCUT2D eigenvalue weighted by Crippen LogP contribution is -2.35. The van der Waals surface area contributed by atoms with Gasteiger partial charge < -0.3 is 14.6 Å². The third-order valence-corrected chi connectivity index (χ3v) is 4.07. The lowest BCUT2D eigenvalue weighted by Gasteiger charge is -2.17. The Kier molecular flexibility index (Phi) is 6.07. The molecule has 0 bridgehead atoms. The number of aromatic nitrogens is 1. The fraction of sp³-hybridized carbons (Fsp3) is 0.467. The van der Waals surface area contributed by atoms with Gasteiger partial charge in [0.2, 0.25) is 5.91 Å². The summed E-state index contributed by atoms with van der Waals surface area (Å²) in [7, 11) is 0. The largest absolute Gasteiger partial charge is 0.431 e. The first-order chi connectivity index (χ1) is 10.2. The Morgan fingerprint density at radius 2 is 2.10 bits per heavy atom. The third kappa shape index (κ3) is 4.75. The van der Waals surface area contributed by atoms with E-state index in [4.69, 9.17) is 4.42 Å². The number of benzene rings is 1. The lowest BCUT2D eigenvalue weighted by atomic mass is 10.3. The second kappa shape index (κ2) is 8.05. The van der Waals surface area contributed by atoms with Crippen molar-refractivity contribution in [2.45, 2.75) is 19.1 Å². The first-order valence-electron chi connectivity index (χ1n) is 7.20. The maximum Gasteiger partial charge on any atom is 0.257 e. The SMILES string of the molecule is CCN(CC)CCNC(=O)CSc1nc2ccccc2o1. The van der Waals surface area contributed by atoms with Gasteiger partial charge >= 0.3 is 0 Å². The normalized spacial score (nSPS) is 11.2. The van der Waals surface area contributed by atoms with Crippen LogP contribution in [0.2, 0.25) is 0 Å². The molecular weight excluding hydrogens is 286 g/mol. The van der Waals surface area contributed by atoms with E-state index in [1.807, 2.05) is 24.3 Å². The highest BCUT2D eigenvalue weighted by Crippen LogP contribution is 2.22. The molecule has 0 aliphatic rings. The molecular formula is C15H21N3O2S. The molecule has 2 rings (SSSR count). The van der Waals surface area contributed by atoms with Crippen molar-refractivity contribution >= 4 is 28.8 Å². The Morgan fingerprint density at radius 1 is 1.33 bits per heavy atom. The topological polar surface area (TPSA) is 58.4 Å². The van der Waals surface area contributed by atoms with Gasteiger partial charge in [-0.3, -0.25) is 4.79 Å². The van der Waals surface area contributed by atoms with E-state index < -0.39 is 0 Å². The molecule has 1 N–H and O–H groups in total. The van der Waals surface area contributed by atoms with Crippen molar-refractivity contribution in [3.8, 4) is 0 Å². The highest BCUT2D eigenvalue weighted by Gasteiger charge is 2.09. The summed E-state index contributed by atoms with van der Waals surface area (Å²) in [5, 5.41) is 3.45. The molecule has 1 heterocycles. The number of thioether (sulfide) groups is 1. The molecule has 2 aromatic rings. The minimum absolute atomic E-state index is 0.00872. The molecule has 0 saturated heterocycles. The van der Waals surface area contributed by atoms with Gasteiger partial charge in [0, 0.05) is 13.1 Å². The summed E-state index contributed by atoms with van der Waals surface area (Å²) in [6, 6.07) is 7.59. The summed E-state index contributed by atoms with van der Waals surface area (Å²) >= 11 is 1.32. The molecule has 1 aromatic carbocycles. The van der Waals surface area contributed by atoms with E-state index in [2.05, 4.69) is 29.0 Å². The van der Waals surface area contributed by atoms with E-state index in [9.17, 15) is 4.79 Å². The molecule has 0 unspecified atom stereocenters. The molecule has 0 aliphatic heterocycles. The van der Waals surface area contributed by atoms with Gasteiger partial charge in [0.25, 0.3) is 5.22 Å². The van der Waals surface area contributed by atoms with Gasteiger partial charge in [-0.15, -0.1) is 0 Å². The predicted octanol–water partition coefficient (Wildman–Crippen LogP) is 2.38. The van der Waals surface area contributed by atoms with Gasteiger partial charge in [0.05, 0.1) is 5.75 Å². The van der Waals surface area contributed by atoms with Crippen molar-refractivity contribution in [2.24, 2.45) is 0 Å². The lowest BCUT2D eigenvalue weighted by molar-refractivity contribution is -0.118. The molecule has 0 saturated carbocycles. The molecule has 21 heavy (non-hydrogen) atoms. The zero-order valence-corrected chi connectivity index (χ0v) is 13.3. The fourth-order valence-corrected chi connectivity index (χ4v) is 2.65. The monoisotopic (exact) mass is 307 g/mol. The van der Waals surface area contributed by atoms with Gasteiger partial charge in [0.1, 0.15) is 5.52 Å². The number of hydrogen-bond donors (Lipinski definition) is 1. The standard InChI is InChI=1S/C15H21N3O2S/c1-3-18(4-2)10-9-16-14(19)11-21-15-17-12-7-5-6-8-13(12)20-15/h5-8H,3-4,9-11H2,1-2H3,(H,16,19). The summed E-state index contributed by atoms with van der Waals surface area (Å²) in [5.41, 5.74) is 1.57. The van der Waals surface area contributed by atoms with E-state index in [1.54, 1.807) is 0 Å². The molecule has 0 radical (unpaired) electrons. The van der Waals surface area contributed by atoms with Crippen molar-refractivity contribution in [3.05, 3.63) is 24.3 Å². The van der Waals surface area contributed by atoms with Crippen LogP contribution < -0.4 is 5.32 Å². The number of likely N-dealkylation sites (N-methyl/N-ethyl adjacent to an activating group) is 1. The summed E-state index contributed by atoms with van der Waals surface area (Å²) in [5.74, 6) is 0.333. The van der Waals surface area contributed by atoms with Crippen molar-refractivity contribution < 1.29 is 9.21 Å². The number of para-hydroxylation sites is 2. The number of nitrogens with zero attached hydrogens (tertiary/aromatic N) is 2. The molecule has 0 atom stereocenters. The Balaban J connectivity index is 1.73. The van der Waals surface area contributed by atoms with Crippen LogP contribution in [-0.2, 0) is 4.79 Å². The first-order valence-corrected chi connectivity index (χ1v) is 8.19. The van der Waals surface area contributed by atoms with Gasteiger partial charge in [0.15, 0.2) is 5.58 Å². The smallest absolute Gasteiger partial charge is 0.257 e. The van der Waals surface area contributed by atoms with E-state index in [-0.39, 0.29) is 5.91 Å². The number of carbonyl (C=O) groups excluding carboxylic acids is 1. The maximum absolute atomic E-state index is 11.8. The zero-order valence-electron chi connectivity index (χ0n) is 12.5. The van der Waals surface area contributed by atoms with Gasteiger partial charge in [-0.25, -0.2) is 4.98 Å². The number of carbonyl (C=O) groups is 1. The number of nitrogens with one attached hydrogen (secondary N) is 1. The summed E-state index contributed by atoms with van der Waals surface area (Å²) < 4.78 is 5.56. The third-order valence-electron chi connectivity index (χ3n) is 3.25. The van der Waals surface area contributed by atoms with E-state index in [0.717, 1.165) is 30.7 Å². The molecule has 0 spiro atoms. The van der Waals surface area contributed by atoms with Crippen LogP contribution in [0.1, 0.15) is 13.8 Å². The number of hydrogen-bond acceptors (Lipinski definition) is 5. The number of rotatable bonds is 8. The second-order valence-electron chi connectivity index (χ2n) is 4.61. The van der Waals surface area contributed by atoms with Crippen LogP contribution in [0, 0.1) is 0 Å². The highest BCUT2D eigenvalue weighted by atomic mass is 32.2. The molecule has 0 aliphatic carbocycles. The van der Waals surface area contributed by atoms with Crippen LogP contribution in [0.25, 0.3) is 11.1 Å². The van der Waals surface area contributed by atoms with Gasteiger partial charge in [-0.05, 0) is 25.2 Å². The van der Waals surface area contributed by atoms with Crippen molar-refractivity contribution in [3.63, 3.8) is 0 Å². The van der Waals surface area contributed by atoms with Crippen LogP contribution in [0.15, 0.2) is 33.9 Å². The molecule has 1 aromatic heterocycles. The Labute approximate surface area is 129 Å². The second-order valence-corrected chi connectivity index (χ2v) is 5.54. The molecule has 0 fully saturated rings. The van der Waals surface area contributed by atoms with Crippen LogP contribution in [0.3, 0.4) is 0 Å². The molecule has 6 heteroatoms. The highest BCUT2D eigenvalue weighted by molar-refractivity contribution is 7.99. The molecule has 1 amide bonds. The minimum Gasteiger partial charge on any atom is -0.431 e. The van der Waals surface area contributed by atoms with Crippen molar-refractivity contribution in [2.75, 3.05) is 31.9 Å². The van der Waals surface area contributed by atoms with Crippen LogP contribution in [-0.4, -0.2) is 47.7 Å². The number of amides is 1. The first kappa shape index (κ1) is 15.9. The van der Waals surface area contributed by atoms with E-state index in [0.29, 0.717) is 17.5 Å². The number of oxazole rings is 1. The zero-order chi connectivity index (χ0) is 15.1. The quantitative estimate of drug-likeness (QED) is 0.759. The molecule has 114 valence electrons. The summed E-state index contributed by atoms with van der Waals surface area (Å²) in [6.45, 7) is 7.80. The maximum atomic E-state index is 11.8. The predicted molar refractivity (Wildman–Crippen MR) is 85.5 cm³/mol. The van der Waals surface area contributed by atoms with E-state index in [1.165, 1.54) is 11.8 Å². The van der Waals surface area contributed by atoms with Gasteiger partial charge in [-0.2, -0.15) is 0 Å².